The normalized spacial score (nSPS) is 12.1. The van der Waals surface area contributed by atoms with Crippen molar-refractivity contribution in [3.05, 3.63) is 33.7 Å². The summed E-state index contributed by atoms with van der Waals surface area (Å²) in [7, 11) is 0. The summed E-state index contributed by atoms with van der Waals surface area (Å²) in [5.74, 6) is 0.598. The minimum Gasteiger partial charge on any atom is -0.312 e. The van der Waals surface area contributed by atoms with Crippen LogP contribution in [0.15, 0.2) is 16.9 Å². The molecule has 0 aliphatic rings. The molecule has 1 heterocycles. The van der Waals surface area contributed by atoms with Crippen molar-refractivity contribution in [3.8, 4) is 0 Å². The lowest BCUT2D eigenvalue weighted by atomic mass is 9.90. The quantitative estimate of drug-likeness (QED) is 0.734. The number of unbranched alkanes of at least 4 members (excludes halogenated alkanes) is 2. The van der Waals surface area contributed by atoms with Gasteiger partial charge in [0.1, 0.15) is 0 Å². The summed E-state index contributed by atoms with van der Waals surface area (Å²) in [6.07, 6.45) is 3.42. The summed E-state index contributed by atoms with van der Waals surface area (Å²) < 4.78 is 2.00. The Morgan fingerprint density at radius 2 is 1.86 bits per heavy atom. The molecule has 0 atom stereocenters. The van der Waals surface area contributed by atoms with Gasteiger partial charge in [-0.2, -0.15) is 0 Å². The Hall–Kier alpha value is -1.09. The fourth-order valence-corrected chi connectivity index (χ4v) is 2.65. The van der Waals surface area contributed by atoms with Crippen LogP contribution in [-0.4, -0.2) is 11.1 Å². The molecule has 126 valence electrons. The summed E-state index contributed by atoms with van der Waals surface area (Å²) in [5.41, 5.74) is 2.20. The number of hydrogen-bond donors (Lipinski definition) is 1. The molecule has 0 saturated heterocycles. The molecule has 0 amide bonds. The Kier molecular flexibility index (Phi) is 7.34. The molecule has 1 aromatic rings. The molecular weight excluding hydrogens is 272 g/mol. The van der Waals surface area contributed by atoms with Gasteiger partial charge in [0.05, 0.1) is 0 Å². The van der Waals surface area contributed by atoms with E-state index in [0.29, 0.717) is 12.5 Å². The zero-order valence-electron chi connectivity index (χ0n) is 15.3. The van der Waals surface area contributed by atoms with Gasteiger partial charge in [-0.15, -0.1) is 0 Å². The second-order valence-corrected chi connectivity index (χ2v) is 7.68. The molecule has 0 bridgehead atoms. The van der Waals surface area contributed by atoms with Gasteiger partial charge in [0, 0.05) is 29.8 Å². The van der Waals surface area contributed by atoms with Gasteiger partial charge in [-0.25, -0.2) is 0 Å². The third-order valence-corrected chi connectivity index (χ3v) is 3.87. The highest BCUT2D eigenvalue weighted by Crippen LogP contribution is 2.21. The number of pyridine rings is 1. The van der Waals surface area contributed by atoms with E-state index in [-0.39, 0.29) is 11.0 Å². The smallest absolute Gasteiger partial charge is 0.255 e. The lowest BCUT2D eigenvalue weighted by molar-refractivity contribution is 0.479. The lowest BCUT2D eigenvalue weighted by Gasteiger charge is -2.25. The Bertz CT molecular complexity index is 509. The first-order valence-corrected chi connectivity index (χ1v) is 8.71. The maximum absolute atomic E-state index is 12.8. The summed E-state index contributed by atoms with van der Waals surface area (Å²) in [4.78, 5) is 12.8. The molecule has 1 N–H and O–H groups in total. The molecule has 0 unspecified atom stereocenters. The van der Waals surface area contributed by atoms with Crippen molar-refractivity contribution in [3.63, 3.8) is 0 Å². The molecule has 0 aliphatic carbocycles. The third kappa shape index (κ3) is 5.60. The van der Waals surface area contributed by atoms with E-state index in [1.54, 1.807) is 0 Å². The second-order valence-electron chi connectivity index (χ2n) is 7.68. The molecule has 0 aromatic carbocycles. The van der Waals surface area contributed by atoms with E-state index >= 15 is 0 Å². The fraction of sp³-hybridized carbons (Fsp3) is 0.737. The Morgan fingerprint density at radius 1 is 1.18 bits per heavy atom. The van der Waals surface area contributed by atoms with Crippen LogP contribution < -0.4 is 10.9 Å². The summed E-state index contributed by atoms with van der Waals surface area (Å²) in [5, 5.41) is 3.38. The van der Waals surface area contributed by atoms with Crippen LogP contribution in [-0.2, 0) is 18.5 Å². The van der Waals surface area contributed by atoms with E-state index in [1.165, 1.54) is 12.8 Å². The predicted molar refractivity (Wildman–Crippen MR) is 95.5 cm³/mol. The van der Waals surface area contributed by atoms with Crippen molar-refractivity contribution in [2.24, 2.45) is 5.92 Å². The van der Waals surface area contributed by atoms with Crippen molar-refractivity contribution in [1.82, 2.24) is 9.88 Å². The molecule has 0 saturated carbocycles. The Morgan fingerprint density at radius 3 is 2.41 bits per heavy atom. The first-order chi connectivity index (χ1) is 10.3. The van der Waals surface area contributed by atoms with Gasteiger partial charge < -0.3 is 9.88 Å². The number of nitrogens with one attached hydrogen (secondary N) is 1. The molecule has 22 heavy (non-hydrogen) atoms. The molecule has 0 radical (unpaired) electrons. The van der Waals surface area contributed by atoms with Crippen LogP contribution in [0.3, 0.4) is 0 Å². The fourth-order valence-electron chi connectivity index (χ4n) is 2.65. The third-order valence-electron chi connectivity index (χ3n) is 3.87. The molecule has 1 rings (SSSR count). The highest BCUT2D eigenvalue weighted by molar-refractivity contribution is 5.21. The molecule has 0 aliphatic heterocycles. The van der Waals surface area contributed by atoms with Gasteiger partial charge in [0.25, 0.3) is 5.56 Å². The van der Waals surface area contributed by atoms with Gasteiger partial charge in [0.2, 0.25) is 0 Å². The van der Waals surface area contributed by atoms with Gasteiger partial charge in [-0.1, -0.05) is 60.5 Å². The summed E-state index contributed by atoms with van der Waals surface area (Å²) in [6.45, 7) is 15.5. The number of hydrogen-bond acceptors (Lipinski definition) is 2. The highest BCUT2D eigenvalue weighted by Gasteiger charge is 2.19. The predicted octanol–water partition coefficient (Wildman–Crippen LogP) is 4.08. The standard InChI is InChI=1S/C19H34N2O/c1-7-8-9-12-21-17(19(4,5)6)11-10-16(18(21)22)14-20-13-15(2)3/h10-11,15,20H,7-9,12-14H2,1-6H3. The van der Waals surface area contributed by atoms with E-state index in [4.69, 9.17) is 0 Å². The molecule has 3 nitrogen and oxygen atoms in total. The monoisotopic (exact) mass is 306 g/mol. The first-order valence-electron chi connectivity index (χ1n) is 8.71. The maximum atomic E-state index is 12.8. The molecule has 0 fully saturated rings. The van der Waals surface area contributed by atoms with E-state index in [2.05, 4.69) is 52.9 Å². The van der Waals surface area contributed by atoms with Gasteiger partial charge in [-0.05, 0) is 24.9 Å². The van der Waals surface area contributed by atoms with E-state index in [9.17, 15) is 4.79 Å². The van der Waals surface area contributed by atoms with Crippen molar-refractivity contribution in [2.75, 3.05) is 6.54 Å². The number of rotatable bonds is 8. The van der Waals surface area contributed by atoms with E-state index < -0.39 is 0 Å². The second kappa shape index (κ2) is 8.52. The molecule has 3 heteroatoms. The Balaban J connectivity index is 3.02. The van der Waals surface area contributed by atoms with Gasteiger partial charge in [0.15, 0.2) is 0 Å². The van der Waals surface area contributed by atoms with Crippen LogP contribution in [0.2, 0.25) is 0 Å². The molecule has 1 aromatic heterocycles. The first kappa shape index (κ1) is 19.0. The van der Waals surface area contributed by atoms with Crippen LogP contribution in [0.25, 0.3) is 0 Å². The zero-order chi connectivity index (χ0) is 16.8. The van der Waals surface area contributed by atoms with Gasteiger partial charge in [-0.3, -0.25) is 4.79 Å². The van der Waals surface area contributed by atoms with E-state index in [0.717, 1.165) is 30.8 Å². The SMILES string of the molecule is CCCCCn1c(C(C)(C)C)ccc(CNCC(C)C)c1=O. The topological polar surface area (TPSA) is 34.0 Å². The maximum Gasteiger partial charge on any atom is 0.255 e. The minimum atomic E-state index is -0.00470. The molecule has 0 spiro atoms. The number of nitrogens with zero attached hydrogens (tertiary/aromatic N) is 1. The minimum absolute atomic E-state index is 0.00470. The summed E-state index contributed by atoms with van der Waals surface area (Å²) >= 11 is 0. The lowest BCUT2D eigenvalue weighted by Crippen LogP contribution is -2.33. The molecular formula is C19H34N2O. The van der Waals surface area contributed by atoms with E-state index in [1.807, 2.05) is 10.6 Å². The van der Waals surface area contributed by atoms with Crippen LogP contribution in [0.4, 0.5) is 0 Å². The van der Waals surface area contributed by atoms with Gasteiger partial charge >= 0.3 is 0 Å². The van der Waals surface area contributed by atoms with Crippen LogP contribution in [0.1, 0.15) is 72.1 Å². The largest absolute Gasteiger partial charge is 0.312 e. The highest BCUT2D eigenvalue weighted by atomic mass is 16.1. The van der Waals surface area contributed by atoms with Crippen molar-refractivity contribution in [2.45, 2.75) is 79.3 Å². The zero-order valence-corrected chi connectivity index (χ0v) is 15.3. The average molecular weight is 306 g/mol. The van der Waals surface area contributed by atoms with Crippen molar-refractivity contribution < 1.29 is 0 Å². The van der Waals surface area contributed by atoms with Crippen LogP contribution >= 0.6 is 0 Å². The van der Waals surface area contributed by atoms with Crippen LogP contribution in [0, 0.1) is 5.92 Å². The Labute approximate surface area is 136 Å². The van der Waals surface area contributed by atoms with Crippen molar-refractivity contribution >= 4 is 0 Å². The van der Waals surface area contributed by atoms with Crippen molar-refractivity contribution in [1.29, 1.82) is 0 Å². The average Bonchev–Trinajstić information content (AvgIpc) is 2.40. The summed E-state index contributed by atoms with van der Waals surface area (Å²) in [6, 6.07) is 4.15. The van der Waals surface area contributed by atoms with Crippen LogP contribution in [0.5, 0.6) is 0 Å². The number of aromatic nitrogens is 1.